The molecule has 1 aromatic carbocycles. The average molecular weight is 326 g/mol. The molecule has 4 nitrogen and oxygen atoms in total. The summed E-state index contributed by atoms with van der Waals surface area (Å²) in [5.74, 6) is 0. The number of benzene rings is 1. The summed E-state index contributed by atoms with van der Waals surface area (Å²) >= 11 is 12.2. The molecule has 1 aliphatic rings. The van der Waals surface area contributed by atoms with Crippen LogP contribution in [0.1, 0.15) is 18.4 Å². The molecule has 0 spiro atoms. The van der Waals surface area contributed by atoms with Crippen molar-refractivity contribution in [2.75, 3.05) is 13.2 Å². The van der Waals surface area contributed by atoms with Crippen molar-refractivity contribution >= 4 is 23.2 Å². The molecular formula is C15H17Cl2N3O. The maximum atomic E-state index is 6.26. The predicted molar refractivity (Wildman–Crippen MR) is 84.7 cm³/mol. The number of aromatic nitrogens is 2. The van der Waals surface area contributed by atoms with Crippen LogP contribution in [-0.4, -0.2) is 29.5 Å². The second-order valence-corrected chi connectivity index (χ2v) is 6.00. The van der Waals surface area contributed by atoms with Gasteiger partial charge in [0.1, 0.15) is 0 Å². The van der Waals surface area contributed by atoms with Crippen LogP contribution >= 0.6 is 23.2 Å². The summed E-state index contributed by atoms with van der Waals surface area (Å²) in [6.45, 7) is 2.47. The molecule has 1 aliphatic heterocycles. The summed E-state index contributed by atoms with van der Waals surface area (Å²) in [4.78, 5) is 0. The van der Waals surface area contributed by atoms with Gasteiger partial charge in [-0.15, -0.1) is 0 Å². The van der Waals surface area contributed by atoms with Gasteiger partial charge in [-0.1, -0.05) is 23.2 Å². The van der Waals surface area contributed by atoms with Crippen LogP contribution in [0.15, 0.2) is 24.4 Å². The van der Waals surface area contributed by atoms with Crippen LogP contribution in [0.5, 0.6) is 0 Å². The summed E-state index contributed by atoms with van der Waals surface area (Å²) in [6.07, 6.45) is 4.44. The lowest BCUT2D eigenvalue weighted by molar-refractivity contribution is 0.110. The molecule has 1 aromatic heterocycles. The SMILES string of the molecule is Clc1ccc(-c2[nH]ncc2CNCC2CCCO2)c(Cl)c1. The van der Waals surface area contributed by atoms with Crippen LogP contribution in [0, 0.1) is 0 Å². The fourth-order valence-electron chi connectivity index (χ4n) is 2.54. The van der Waals surface area contributed by atoms with E-state index in [1.54, 1.807) is 6.07 Å². The van der Waals surface area contributed by atoms with Crippen molar-refractivity contribution in [3.8, 4) is 11.3 Å². The highest BCUT2D eigenvalue weighted by molar-refractivity contribution is 6.36. The third-order valence-corrected chi connectivity index (χ3v) is 4.18. The normalized spacial score (nSPS) is 18.3. The molecule has 1 fully saturated rings. The summed E-state index contributed by atoms with van der Waals surface area (Å²) in [7, 11) is 0. The number of aromatic amines is 1. The zero-order valence-corrected chi connectivity index (χ0v) is 13.0. The Balaban J connectivity index is 1.68. The summed E-state index contributed by atoms with van der Waals surface area (Å²) < 4.78 is 5.60. The van der Waals surface area contributed by atoms with E-state index < -0.39 is 0 Å². The molecule has 6 heteroatoms. The Kier molecular flexibility index (Phi) is 4.80. The molecule has 1 saturated heterocycles. The van der Waals surface area contributed by atoms with Crippen molar-refractivity contribution in [2.45, 2.75) is 25.5 Å². The van der Waals surface area contributed by atoms with Crippen LogP contribution in [0.25, 0.3) is 11.3 Å². The van der Waals surface area contributed by atoms with Gasteiger partial charge in [0.2, 0.25) is 0 Å². The molecule has 2 aromatic rings. The molecule has 0 amide bonds. The van der Waals surface area contributed by atoms with Crippen LogP contribution in [-0.2, 0) is 11.3 Å². The van der Waals surface area contributed by atoms with E-state index >= 15 is 0 Å². The lowest BCUT2D eigenvalue weighted by Crippen LogP contribution is -2.25. The van der Waals surface area contributed by atoms with Crippen molar-refractivity contribution < 1.29 is 4.74 Å². The highest BCUT2D eigenvalue weighted by atomic mass is 35.5. The Hall–Kier alpha value is -1.07. The smallest absolute Gasteiger partial charge is 0.0710 e. The van der Waals surface area contributed by atoms with E-state index in [1.807, 2.05) is 18.3 Å². The average Bonchev–Trinajstić information content (AvgIpc) is 3.11. The molecule has 0 aliphatic carbocycles. The lowest BCUT2D eigenvalue weighted by atomic mass is 10.1. The van der Waals surface area contributed by atoms with Gasteiger partial charge in [0, 0.05) is 35.8 Å². The fourth-order valence-corrected chi connectivity index (χ4v) is 3.05. The van der Waals surface area contributed by atoms with E-state index in [1.165, 1.54) is 0 Å². The van der Waals surface area contributed by atoms with E-state index in [0.717, 1.165) is 49.4 Å². The Morgan fingerprint density at radius 2 is 2.29 bits per heavy atom. The molecule has 0 saturated carbocycles. The number of nitrogens with one attached hydrogen (secondary N) is 2. The monoisotopic (exact) mass is 325 g/mol. The third kappa shape index (κ3) is 3.58. The molecule has 1 atom stereocenters. The Bertz CT molecular complexity index is 609. The topological polar surface area (TPSA) is 49.9 Å². The summed E-state index contributed by atoms with van der Waals surface area (Å²) in [5, 5.41) is 11.8. The Labute approximate surface area is 133 Å². The predicted octanol–water partition coefficient (Wildman–Crippen LogP) is 3.65. The standard InChI is InChI=1S/C15H17Cl2N3O/c16-11-3-4-13(14(17)6-11)15-10(8-19-20-15)7-18-9-12-2-1-5-21-12/h3-4,6,8,12,18H,1-2,5,7,9H2,(H,19,20). The molecule has 0 bridgehead atoms. The van der Waals surface area contributed by atoms with E-state index in [9.17, 15) is 0 Å². The first kappa shape index (κ1) is 14.9. The lowest BCUT2D eigenvalue weighted by Gasteiger charge is -2.11. The van der Waals surface area contributed by atoms with Crippen LogP contribution < -0.4 is 5.32 Å². The van der Waals surface area contributed by atoms with E-state index in [4.69, 9.17) is 27.9 Å². The van der Waals surface area contributed by atoms with Gasteiger partial charge in [0.05, 0.1) is 23.0 Å². The first-order valence-electron chi connectivity index (χ1n) is 7.04. The minimum Gasteiger partial charge on any atom is -0.377 e. The maximum Gasteiger partial charge on any atom is 0.0710 e. The minimum absolute atomic E-state index is 0.333. The number of nitrogens with zero attached hydrogens (tertiary/aromatic N) is 1. The minimum atomic E-state index is 0.333. The van der Waals surface area contributed by atoms with Gasteiger partial charge in [-0.3, -0.25) is 5.10 Å². The van der Waals surface area contributed by atoms with Gasteiger partial charge >= 0.3 is 0 Å². The molecule has 0 radical (unpaired) electrons. The van der Waals surface area contributed by atoms with Gasteiger partial charge < -0.3 is 10.1 Å². The Morgan fingerprint density at radius 3 is 3.05 bits per heavy atom. The highest BCUT2D eigenvalue weighted by Crippen LogP contribution is 2.31. The third-order valence-electron chi connectivity index (χ3n) is 3.63. The zero-order valence-electron chi connectivity index (χ0n) is 11.5. The van der Waals surface area contributed by atoms with Gasteiger partial charge in [-0.25, -0.2) is 0 Å². The molecule has 2 heterocycles. The molecule has 21 heavy (non-hydrogen) atoms. The molecule has 2 N–H and O–H groups in total. The molecule has 1 unspecified atom stereocenters. The number of hydrogen-bond acceptors (Lipinski definition) is 3. The van der Waals surface area contributed by atoms with Crippen LogP contribution in [0.2, 0.25) is 10.0 Å². The van der Waals surface area contributed by atoms with Crippen molar-refractivity contribution in [2.24, 2.45) is 0 Å². The van der Waals surface area contributed by atoms with Gasteiger partial charge in [0.15, 0.2) is 0 Å². The molecular weight excluding hydrogens is 309 g/mol. The largest absolute Gasteiger partial charge is 0.377 e. The van der Waals surface area contributed by atoms with Gasteiger partial charge in [-0.2, -0.15) is 5.10 Å². The quantitative estimate of drug-likeness (QED) is 0.882. The first-order valence-corrected chi connectivity index (χ1v) is 7.79. The van der Waals surface area contributed by atoms with E-state index in [0.29, 0.717) is 16.1 Å². The second kappa shape index (κ2) is 6.79. The van der Waals surface area contributed by atoms with Crippen LogP contribution in [0.4, 0.5) is 0 Å². The fraction of sp³-hybridized carbons (Fsp3) is 0.400. The van der Waals surface area contributed by atoms with Crippen LogP contribution in [0.3, 0.4) is 0 Å². The second-order valence-electron chi connectivity index (χ2n) is 5.16. The van der Waals surface area contributed by atoms with Crippen molar-refractivity contribution in [1.29, 1.82) is 0 Å². The number of ether oxygens (including phenoxy) is 1. The van der Waals surface area contributed by atoms with Gasteiger partial charge in [-0.05, 0) is 31.0 Å². The van der Waals surface area contributed by atoms with E-state index in [-0.39, 0.29) is 0 Å². The molecule has 3 rings (SSSR count). The first-order chi connectivity index (χ1) is 10.2. The van der Waals surface area contributed by atoms with Crippen molar-refractivity contribution in [3.63, 3.8) is 0 Å². The number of rotatable bonds is 5. The van der Waals surface area contributed by atoms with E-state index in [2.05, 4.69) is 15.5 Å². The van der Waals surface area contributed by atoms with Crippen molar-refractivity contribution in [3.05, 3.63) is 40.0 Å². The number of hydrogen-bond donors (Lipinski definition) is 2. The highest BCUT2D eigenvalue weighted by Gasteiger charge is 2.16. The number of halogens is 2. The van der Waals surface area contributed by atoms with Gasteiger partial charge in [0.25, 0.3) is 0 Å². The zero-order chi connectivity index (χ0) is 14.7. The van der Waals surface area contributed by atoms with Crippen molar-refractivity contribution in [1.82, 2.24) is 15.5 Å². The molecule has 112 valence electrons. The summed E-state index contributed by atoms with van der Waals surface area (Å²) in [5.41, 5.74) is 2.92. The maximum absolute atomic E-state index is 6.26. The summed E-state index contributed by atoms with van der Waals surface area (Å²) in [6, 6.07) is 5.47. The Morgan fingerprint density at radius 1 is 1.38 bits per heavy atom. The number of H-pyrrole nitrogens is 1.